The van der Waals surface area contributed by atoms with E-state index >= 15 is 0 Å². The van der Waals surface area contributed by atoms with Gasteiger partial charge in [-0.05, 0) is 49.4 Å². The van der Waals surface area contributed by atoms with E-state index in [9.17, 15) is 4.79 Å². The number of fused-ring (bicyclic) bond motifs is 1. The summed E-state index contributed by atoms with van der Waals surface area (Å²) in [7, 11) is 0. The number of piperazine rings is 1. The van der Waals surface area contributed by atoms with E-state index in [2.05, 4.69) is 14.7 Å². The van der Waals surface area contributed by atoms with Crippen LogP contribution in [0.2, 0.25) is 5.02 Å². The van der Waals surface area contributed by atoms with Crippen molar-refractivity contribution in [2.24, 2.45) is 0 Å². The fourth-order valence-corrected chi connectivity index (χ4v) is 4.66. The number of nitrogens with zero attached hydrogens (tertiary/aromatic N) is 5. The molecule has 0 spiro atoms. The Bertz CT molecular complexity index is 1140. The van der Waals surface area contributed by atoms with Gasteiger partial charge in [0.25, 0.3) is 0 Å². The first-order valence-electron chi connectivity index (χ1n) is 11.4. The number of morpholine rings is 1. The van der Waals surface area contributed by atoms with Crippen LogP contribution in [0.5, 0.6) is 0 Å². The van der Waals surface area contributed by atoms with Gasteiger partial charge in [0.05, 0.1) is 25.3 Å². The van der Waals surface area contributed by atoms with Crippen molar-refractivity contribution in [1.29, 1.82) is 0 Å². The number of anilines is 2. The van der Waals surface area contributed by atoms with Gasteiger partial charge in [0, 0.05) is 60.9 Å². The Balaban J connectivity index is 1.30. The topological polar surface area (TPSA) is 61.8 Å². The van der Waals surface area contributed by atoms with E-state index in [1.54, 1.807) is 6.92 Å². The normalized spacial score (nSPS) is 17.5. The number of hydrogen-bond donors (Lipinski definition) is 0. The quantitative estimate of drug-likeness (QED) is 0.533. The molecule has 0 saturated carbocycles. The molecule has 3 heterocycles. The maximum Gasteiger partial charge on any atom is 0.159 e. The first-order chi connectivity index (χ1) is 16.1. The number of aromatic nitrogens is 2. The molecule has 0 bridgehead atoms. The second-order valence-corrected chi connectivity index (χ2v) is 9.03. The molecule has 2 aliphatic rings. The maximum absolute atomic E-state index is 11.5. The molecule has 2 aliphatic heterocycles. The molecule has 1 aromatic heterocycles. The van der Waals surface area contributed by atoms with E-state index in [1.165, 1.54) is 0 Å². The molecule has 2 aromatic carbocycles. The lowest BCUT2D eigenvalue weighted by Gasteiger charge is -2.36. The van der Waals surface area contributed by atoms with Gasteiger partial charge < -0.3 is 14.5 Å². The van der Waals surface area contributed by atoms with Gasteiger partial charge in [-0.15, -0.1) is 0 Å². The first-order valence-corrected chi connectivity index (χ1v) is 11.8. The minimum atomic E-state index is 0.0968. The van der Waals surface area contributed by atoms with Crippen molar-refractivity contribution in [3.63, 3.8) is 0 Å². The minimum absolute atomic E-state index is 0.0968. The van der Waals surface area contributed by atoms with E-state index < -0.39 is 0 Å². The highest BCUT2D eigenvalue weighted by Gasteiger charge is 2.21. The Labute approximate surface area is 198 Å². The van der Waals surface area contributed by atoms with Crippen molar-refractivity contribution in [2.75, 3.05) is 62.3 Å². The number of benzene rings is 2. The van der Waals surface area contributed by atoms with Crippen molar-refractivity contribution < 1.29 is 9.53 Å². The number of ether oxygens (including phenoxy) is 1. The standard InChI is InChI=1S/C25H28ClN5O2/c1-18(32)19-2-5-21(6-3-19)30-10-8-29(9-11-30)17-24-27-23-16-20(26)4-7-22(23)25(28-24)31-12-14-33-15-13-31/h2-7,16H,8-15,17H2,1H3. The SMILES string of the molecule is CC(=O)c1ccc(N2CCN(Cc3nc(N4CCOCC4)c4ccc(Cl)cc4n3)CC2)cc1. The van der Waals surface area contributed by atoms with Crippen LogP contribution >= 0.6 is 11.6 Å². The Morgan fingerprint density at radius 2 is 1.67 bits per heavy atom. The van der Waals surface area contributed by atoms with E-state index in [1.807, 2.05) is 42.5 Å². The first kappa shape index (κ1) is 22.1. The molecule has 7 nitrogen and oxygen atoms in total. The largest absolute Gasteiger partial charge is 0.378 e. The fourth-order valence-electron chi connectivity index (χ4n) is 4.49. The summed E-state index contributed by atoms with van der Waals surface area (Å²) in [5.74, 6) is 1.89. The zero-order valence-corrected chi connectivity index (χ0v) is 19.6. The van der Waals surface area contributed by atoms with Crippen LogP contribution in [0.1, 0.15) is 23.1 Å². The molecular formula is C25H28ClN5O2. The molecule has 3 aromatic rings. The minimum Gasteiger partial charge on any atom is -0.378 e. The lowest BCUT2D eigenvalue weighted by atomic mass is 10.1. The van der Waals surface area contributed by atoms with Gasteiger partial charge in [0.1, 0.15) is 11.6 Å². The zero-order valence-electron chi connectivity index (χ0n) is 18.8. The molecule has 5 rings (SSSR count). The predicted octanol–water partition coefficient (Wildman–Crippen LogP) is 3.64. The molecule has 0 atom stereocenters. The highest BCUT2D eigenvalue weighted by atomic mass is 35.5. The molecule has 33 heavy (non-hydrogen) atoms. The molecule has 2 saturated heterocycles. The second-order valence-electron chi connectivity index (χ2n) is 8.59. The molecule has 0 N–H and O–H groups in total. The smallest absolute Gasteiger partial charge is 0.159 e. The zero-order chi connectivity index (χ0) is 22.8. The lowest BCUT2D eigenvalue weighted by Crippen LogP contribution is -2.46. The van der Waals surface area contributed by atoms with Gasteiger partial charge in [0.2, 0.25) is 0 Å². The van der Waals surface area contributed by atoms with Gasteiger partial charge in [-0.3, -0.25) is 9.69 Å². The van der Waals surface area contributed by atoms with Crippen LogP contribution in [0.15, 0.2) is 42.5 Å². The highest BCUT2D eigenvalue weighted by Crippen LogP contribution is 2.28. The molecule has 0 radical (unpaired) electrons. The van der Waals surface area contributed by atoms with Crippen molar-refractivity contribution in [1.82, 2.24) is 14.9 Å². The van der Waals surface area contributed by atoms with Crippen molar-refractivity contribution >= 4 is 39.8 Å². The second kappa shape index (κ2) is 9.63. The molecule has 2 fully saturated rings. The van der Waals surface area contributed by atoms with Crippen LogP contribution in [-0.4, -0.2) is 73.1 Å². The monoisotopic (exact) mass is 465 g/mol. The summed E-state index contributed by atoms with van der Waals surface area (Å²) in [5, 5.41) is 1.72. The molecule has 0 amide bonds. The van der Waals surface area contributed by atoms with Crippen LogP contribution < -0.4 is 9.80 Å². The van der Waals surface area contributed by atoms with Crippen molar-refractivity contribution in [3.8, 4) is 0 Å². The Morgan fingerprint density at radius 3 is 2.36 bits per heavy atom. The van der Waals surface area contributed by atoms with Crippen molar-refractivity contribution in [2.45, 2.75) is 13.5 Å². The number of hydrogen-bond acceptors (Lipinski definition) is 7. The maximum atomic E-state index is 11.5. The number of rotatable bonds is 5. The van der Waals surface area contributed by atoms with Gasteiger partial charge in [0.15, 0.2) is 5.78 Å². The van der Waals surface area contributed by atoms with Crippen molar-refractivity contribution in [3.05, 3.63) is 58.9 Å². The third-order valence-corrected chi connectivity index (χ3v) is 6.61. The molecule has 172 valence electrons. The summed E-state index contributed by atoms with van der Waals surface area (Å²) in [6, 6.07) is 13.7. The van der Waals surface area contributed by atoms with Crippen LogP contribution in [0.25, 0.3) is 10.9 Å². The highest BCUT2D eigenvalue weighted by molar-refractivity contribution is 6.31. The number of carbonyl (C=O) groups is 1. The third kappa shape index (κ3) is 4.95. The fraction of sp³-hybridized carbons (Fsp3) is 0.400. The number of carbonyl (C=O) groups excluding carboxylic acids is 1. The van der Waals surface area contributed by atoms with Gasteiger partial charge in [-0.2, -0.15) is 0 Å². The third-order valence-electron chi connectivity index (χ3n) is 6.37. The summed E-state index contributed by atoms with van der Waals surface area (Å²) in [6.45, 7) is 9.09. The Morgan fingerprint density at radius 1 is 0.939 bits per heavy atom. The average Bonchev–Trinajstić information content (AvgIpc) is 2.84. The summed E-state index contributed by atoms with van der Waals surface area (Å²) in [5.41, 5.74) is 2.80. The van der Waals surface area contributed by atoms with Crippen LogP contribution in [0, 0.1) is 0 Å². The molecule has 8 heteroatoms. The molecular weight excluding hydrogens is 438 g/mol. The average molecular weight is 466 g/mol. The van der Waals surface area contributed by atoms with Gasteiger partial charge in [-0.25, -0.2) is 9.97 Å². The Kier molecular flexibility index (Phi) is 6.44. The molecule has 0 aliphatic carbocycles. The van der Waals surface area contributed by atoms with E-state index in [0.717, 1.165) is 73.1 Å². The summed E-state index contributed by atoms with van der Waals surface area (Å²) in [6.07, 6.45) is 0. The van der Waals surface area contributed by atoms with Crippen LogP contribution in [-0.2, 0) is 11.3 Å². The summed E-state index contributed by atoms with van der Waals surface area (Å²) < 4.78 is 5.53. The van der Waals surface area contributed by atoms with Crippen LogP contribution in [0.3, 0.4) is 0 Å². The summed E-state index contributed by atoms with van der Waals surface area (Å²) >= 11 is 6.27. The lowest BCUT2D eigenvalue weighted by molar-refractivity contribution is 0.101. The predicted molar refractivity (Wildman–Crippen MR) is 132 cm³/mol. The van der Waals surface area contributed by atoms with Gasteiger partial charge >= 0.3 is 0 Å². The Hall–Kier alpha value is -2.74. The molecule has 0 unspecified atom stereocenters. The number of halogens is 1. The summed E-state index contributed by atoms with van der Waals surface area (Å²) in [4.78, 5) is 28.4. The van der Waals surface area contributed by atoms with Crippen LogP contribution in [0.4, 0.5) is 11.5 Å². The van der Waals surface area contributed by atoms with Gasteiger partial charge in [-0.1, -0.05) is 11.6 Å². The number of ketones is 1. The van der Waals surface area contributed by atoms with E-state index in [4.69, 9.17) is 26.3 Å². The van der Waals surface area contributed by atoms with E-state index in [-0.39, 0.29) is 5.78 Å². The number of Topliss-reactive ketones (excluding diaryl/α,β-unsaturated/α-hetero) is 1. The van der Waals surface area contributed by atoms with E-state index in [0.29, 0.717) is 24.8 Å².